The van der Waals surface area contributed by atoms with Crippen LogP contribution in [0, 0.1) is 0 Å². The van der Waals surface area contributed by atoms with E-state index in [0.29, 0.717) is 33.6 Å². The van der Waals surface area contributed by atoms with Crippen LogP contribution < -0.4 is 10.6 Å². The van der Waals surface area contributed by atoms with Crippen LogP contribution in [0.2, 0.25) is 10.0 Å². The van der Waals surface area contributed by atoms with Crippen molar-refractivity contribution in [1.29, 1.82) is 0 Å². The van der Waals surface area contributed by atoms with Crippen LogP contribution in [0.3, 0.4) is 0 Å². The Morgan fingerprint density at radius 1 is 0.958 bits per heavy atom. The summed E-state index contributed by atoms with van der Waals surface area (Å²) in [6.07, 6.45) is 0.764. The molecule has 0 atom stereocenters. The molecule has 0 saturated heterocycles. The van der Waals surface area contributed by atoms with Gasteiger partial charge in [0, 0.05) is 11.4 Å². The van der Waals surface area contributed by atoms with Crippen molar-refractivity contribution in [2.24, 2.45) is 0 Å². The van der Waals surface area contributed by atoms with Crippen molar-refractivity contribution in [3.8, 4) is 0 Å². The molecule has 0 bridgehead atoms. The lowest BCUT2D eigenvalue weighted by Crippen LogP contribution is -2.19. The molecular weight excluding hydrogens is 351 g/mol. The largest absolute Gasteiger partial charge is 0.462 e. The van der Waals surface area contributed by atoms with E-state index in [9.17, 15) is 9.59 Å². The lowest BCUT2D eigenvalue weighted by Gasteiger charge is -2.09. The normalized spacial score (nSPS) is 10.1. The second-order valence-electron chi connectivity index (χ2n) is 4.92. The first kappa shape index (κ1) is 18.1. The Morgan fingerprint density at radius 3 is 2.21 bits per heavy atom. The van der Waals surface area contributed by atoms with Crippen LogP contribution >= 0.6 is 23.2 Å². The number of nitrogens with one attached hydrogen (secondary N) is 2. The van der Waals surface area contributed by atoms with E-state index in [-0.39, 0.29) is 5.97 Å². The van der Waals surface area contributed by atoms with Gasteiger partial charge >= 0.3 is 12.0 Å². The highest BCUT2D eigenvalue weighted by molar-refractivity contribution is 6.42. The van der Waals surface area contributed by atoms with Gasteiger partial charge < -0.3 is 15.4 Å². The fourth-order valence-corrected chi connectivity index (χ4v) is 2.13. The Labute approximate surface area is 149 Å². The molecule has 0 spiro atoms. The van der Waals surface area contributed by atoms with Crippen molar-refractivity contribution in [3.05, 3.63) is 58.1 Å². The predicted octanol–water partition coefficient (Wildman–Crippen LogP) is 5.20. The van der Waals surface area contributed by atoms with Gasteiger partial charge in [-0.25, -0.2) is 9.59 Å². The Kier molecular flexibility index (Phi) is 6.46. The van der Waals surface area contributed by atoms with Gasteiger partial charge in [-0.1, -0.05) is 30.1 Å². The number of esters is 1. The molecule has 126 valence electrons. The molecule has 0 radical (unpaired) electrons. The number of urea groups is 1. The minimum absolute atomic E-state index is 0.351. The zero-order valence-corrected chi connectivity index (χ0v) is 14.4. The molecule has 0 aliphatic heterocycles. The summed E-state index contributed by atoms with van der Waals surface area (Å²) < 4.78 is 5.04. The molecule has 5 nitrogen and oxygen atoms in total. The van der Waals surface area contributed by atoms with Crippen LogP contribution in [-0.2, 0) is 4.74 Å². The van der Waals surface area contributed by atoms with E-state index in [2.05, 4.69) is 10.6 Å². The van der Waals surface area contributed by atoms with E-state index in [1.54, 1.807) is 42.5 Å². The van der Waals surface area contributed by atoms with Gasteiger partial charge in [0.05, 0.1) is 22.2 Å². The second-order valence-corrected chi connectivity index (χ2v) is 5.74. The van der Waals surface area contributed by atoms with E-state index in [0.717, 1.165) is 6.42 Å². The minimum Gasteiger partial charge on any atom is -0.462 e. The second kappa shape index (κ2) is 8.57. The van der Waals surface area contributed by atoms with Gasteiger partial charge in [-0.15, -0.1) is 0 Å². The predicted molar refractivity (Wildman–Crippen MR) is 96.1 cm³/mol. The van der Waals surface area contributed by atoms with Crippen molar-refractivity contribution in [2.75, 3.05) is 17.2 Å². The molecule has 0 unspecified atom stereocenters. The maximum Gasteiger partial charge on any atom is 0.338 e. The lowest BCUT2D eigenvalue weighted by molar-refractivity contribution is 0.0505. The third kappa shape index (κ3) is 5.15. The van der Waals surface area contributed by atoms with Crippen molar-refractivity contribution >= 4 is 46.6 Å². The van der Waals surface area contributed by atoms with Gasteiger partial charge in [0.15, 0.2) is 0 Å². The number of carbonyl (C=O) groups is 2. The summed E-state index contributed by atoms with van der Waals surface area (Å²) in [5.74, 6) is -0.386. The zero-order chi connectivity index (χ0) is 17.5. The molecule has 0 aliphatic carbocycles. The highest BCUT2D eigenvalue weighted by atomic mass is 35.5. The monoisotopic (exact) mass is 366 g/mol. The van der Waals surface area contributed by atoms with Crippen molar-refractivity contribution in [2.45, 2.75) is 13.3 Å². The van der Waals surface area contributed by atoms with E-state index in [1.165, 1.54) is 0 Å². The third-order valence-electron chi connectivity index (χ3n) is 2.99. The highest BCUT2D eigenvalue weighted by Crippen LogP contribution is 2.25. The number of halogens is 2. The Morgan fingerprint density at radius 2 is 1.58 bits per heavy atom. The summed E-state index contributed by atoms with van der Waals surface area (Å²) >= 11 is 11.7. The number of carbonyl (C=O) groups excluding carboxylic acids is 2. The van der Waals surface area contributed by atoms with Gasteiger partial charge in [-0.3, -0.25) is 0 Å². The molecule has 0 saturated carbocycles. The number of amides is 2. The molecule has 2 aromatic rings. The molecule has 0 heterocycles. The van der Waals surface area contributed by atoms with E-state index in [4.69, 9.17) is 27.9 Å². The molecule has 2 rings (SSSR count). The van der Waals surface area contributed by atoms with Crippen LogP contribution in [0.15, 0.2) is 42.5 Å². The average molecular weight is 367 g/mol. The number of benzene rings is 2. The standard InChI is InChI=1S/C17H16Cl2N2O3/c1-2-9-24-16(22)11-3-5-12(6-4-11)20-17(23)21-13-7-8-14(18)15(19)10-13/h3-8,10H,2,9H2,1H3,(H2,20,21,23). The van der Waals surface area contributed by atoms with Crippen molar-refractivity contribution in [1.82, 2.24) is 0 Å². The molecule has 2 amide bonds. The average Bonchev–Trinajstić information content (AvgIpc) is 2.56. The summed E-state index contributed by atoms with van der Waals surface area (Å²) in [6.45, 7) is 2.30. The first-order chi connectivity index (χ1) is 11.5. The highest BCUT2D eigenvalue weighted by Gasteiger charge is 2.08. The third-order valence-corrected chi connectivity index (χ3v) is 3.73. The molecular formula is C17H16Cl2N2O3. The first-order valence-electron chi connectivity index (χ1n) is 7.30. The van der Waals surface area contributed by atoms with Crippen LogP contribution in [0.4, 0.5) is 16.2 Å². The SMILES string of the molecule is CCCOC(=O)c1ccc(NC(=O)Nc2ccc(Cl)c(Cl)c2)cc1. The number of hydrogen-bond donors (Lipinski definition) is 2. The Bertz CT molecular complexity index is 733. The summed E-state index contributed by atoms with van der Waals surface area (Å²) in [5, 5.41) is 6.06. The Hall–Kier alpha value is -2.24. The number of ether oxygens (including phenoxy) is 1. The van der Waals surface area contributed by atoms with Crippen LogP contribution in [0.1, 0.15) is 23.7 Å². The smallest absolute Gasteiger partial charge is 0.338 e. The zero-order valence-electron chi connectivity index (χ0n) is 12.9. The van der Waals surface area contributed by atoms with Gasteiger partial charge in [-0.05, 0) is 48.9 Å². The minimum atomic E-state index is -0.435. The summed E-state index contributed by atoms with van der Waals surface area (Å²) in [5.41, 5.74) is 1.49. The molecule has 2 aromatic carbocycles. The number of rotatable bonds is 5. The maximum absolute atomic E-state index is 11.9. The quantitative estimate of drug-likeness (QED) is 0.714. The number of hydrogen-bond acceptors (Lipinski definition) is 3. The van der Waals surface area contributed by atoms with E-state index >= 15 is 0 Å². The molecule has 0 fully saturated rings. The first-order valence-corrected chi connectivity index (χ1v) is 8.05. The van der Waals surface area contributed by atoms with Crippen molar-refractivity contribution in [3.63, 3.8) is 0 Å². The topological polar surface area (TPSA) is 67.4 Å². The van der Waals surface area contributed by atoms with Crippen LogP contribution in [0.5, 0.6) is 0 Å². The van der Waals surface area contributed by atoms with Gasteiger partial charge in [-0.2, -0.15) is 0 Å². The molecule has 0 aromatic heterocycles. The molecule has 7 heteroatoms. The molecule has 24 heavy (non-hydrogen) atoms. The maximum atomic E-state index is 11.9. The van der Waals surface area contributed by atoms with Gasteiger partial charge in [0.25, 0.3) is 0 Å². The van der Waals surface area contributed by atoms with Gasteiger partial charge in [0.1, 0.15) is 0 Å². The summed E-state index contributed by atoms with van der Waals surface area (Å²) in [7, 11) is 0. The summed E-state index contributed by atoms with van der Waals surface area (Å²) in [6, 6.07) is 10.8. The Balaban J connectivity index is 1.94. The fraction of sp³-hybridized carbons (Fsp3) is 0.176. The van der Waals surface area contributed by atoms with Crippen LogP contribution in [0.25, 0.3) is 0 Å². The molecule has 2 N–H and O–H groups in total. The fourth-order valence-electron chi connectivity index (χ4n) is 1.84. The van der Waals surface area contributed by atoms with Crippen molar-refractivity contribution < 1.29 is 14.3 Å². The summed E-state index contributed by atoms with van der Waals surface area (Å²) in [4.78, 5) is 23.6. The molecule has 0 aliphatic rings. The lowest BCUT2D eigenvalue weighted by atomic mass is 10.2. The van der Waals surface area contributed by atoms with E-state index in [1.807, 2.05) is 6.92 Å². The number of anilines is 2. The van der Waals surface area contributed by atoms with E-state index < -0.39 is 6.03 Å². The van der Waals surface area contributed by atoms with Gasteiger partial charge in [0.2, 0.25) is 0 Å². The van der Waals surface area contributed by atoms with Crippen LogP contribution in [-0.4, -0.2) is 18.6 Å².